The number of carbonyl (C=O) groups is 3. The summed E-state index contributed by atoms with van der Waals surface area (Å²) in [5.41, 5.74) is 4.29. The highest BCUT2D eigenvalue weighted by Crippen LogP contribution is 2.44. The van der Waals surface area contributed by atoms with Gasteiger partial charge in [-0.15, -0.1) is 0 Å². The number of nitrogens with zero attached hydrogens (tertiary/aromatic N) is 1. The number of nitrogens with one attached hydrogen (secondary N) is 2. The summed E-state index contributed by atoms with van der Waals surface area (Å²) >= 11 is 0. The van der Waals surface area contributed by atoms with Crippen molar-refractivity contribution >= 4 is 18.0 Å². The van der Waals surface area contributed by atoms with Crippen LogP contribution in [0, 0.1) is 5.92 Å². The summed E-state index contributed by atoms with van der Waals surface area (Å²) in [6.45, 7) is 1.98. The number of carbonyl (C=O) groups excluding carboxylic acids is 2. The third-order valence-corrected chi connectivity index (χ3v) is 5.97. The standard InChI is InChI=1S/C25H25N3O6/c1-2-15(23(29)26-12-21-22(24(30)31)28-14-34-21)11-27-25(32)33-13-20-18-9-5-3-7-16(18)17-8-4-6-10-19(17)20/h3-10,14-15,20H,2,11-13H2,1H3,(H,26,29)(H,27,32)(H,30,31). The number of carboxylic acids is 1. The minimum absolute atomic E-state index is 0.0474. The lowest BCUT2D eigenvalue weighted by atomic mass is 9.98. The molecule has 1 aromatic heterocycles. The van der Waals surface area contributed by atoms with Gasteiger partial charge in [-0.1, -0.05) is 55.5 Å². The second-order valence-electron chi connectivity index (χ2n) is 7.96. The monoisotopic (exact) mass is 463 g/mol. The van der Waals surface area contributed by atoms with Crippen LogP contribution in [-0.2, 0) is 16.1 Å². The molecule has 1 atom stereocenters. The number of aromatic carboxylic acids is 1. The Morgan fingerprint density at radius 3 is 2.32 bits per heavy atom. The van der Waals surface area contributed by atoms with Crippen molar-refractivity contribution in [3.63, 3.8) is 0 Å². The Labute approximate surface area is 196 Å². The van der Waals surface area contributed by atoms with Gasteiger partial charge in [-0.05, 0) is 28.7 Å². The number of carboxylic acid groups (broad SMARTS) is 1. The summed E-state index contributed by atoms with van der Waals surface area (Å²) in [6, 6.07) is 16.2. The number of alkyl carbamates (subject to hydrolysis) is 1. The number of ether oxygens (including phenoxy) is 1. The highest BCUT2D eigenvalue weighted by Gasteiger charge is 2.29. The van der Waals surface area contributed by atoms with Crippen molar-refractivity contribution in [1.29, 1.82) is 0 Å². The molecule has 9 heteroatoms. The Bertz CT molecular complexity index is 1160. The molecule has 0 saturated heterocycles. The number of hydrogen-bond acceptors (Lipinski definition) is 6. The van der Waals surface area contributed by atoms with E-state index in [4.69, 9.17) is 14.3 Å². The summed E-state index contributed by atoms with van der Waals surface area (Å²) in [4.78, 5) is 39.6. The van der Waals surface area contributed by atoms with E-state index in [1.807, 2.05) is 43.3 Å². The lowest BCUT2D eigenvalue weighted by Gasteiger charge is -2.17. The minimum Gasteiger partial charge on any atom is -0.476 e. The van der Waals surface area contributed by atoms with E-state index in [2.05, 4.69) is 27.8 Å². The molecule has 0 radical (unpaired) electrons. The summed E-state index contributed by atoms with van der Waals surface area (Å²) < 4.78 is 10.5. The number of aromatic nitrogens is 1. The molecule has 34 heavy (non-hydrogen) atoms. The molecule has 9 nitrogen and oxygen atoms in total. The van der Waals surface area contributed by atoms with Gasteiger partial charge in [0.1, 0.15) is 6.61 Å². The van der Waals surface area contributed by atoms with Crippen LogP contribution in [0.4, 0.5) is 4.79 Å². The Kier molecular flexibility index (Phi) is 6.91. The SMILES string of the molecule is CCC(CNC(=O)OCC1c2ccccc2-c2ccccc21)C(=O)NCc1ocnc1C(=O)O. The number of fused-ring (bicyclic) bond motifs is 3. The van der Waals surface area contributed by atoms with Crippen LogP contribution in [0.5, 0.6) is 0 Å². The van der Waals surface area contributed by atoms with Crippen molar-refractivity contribution in [2.75, 3.05) is 13.2 Å². The smallest absolute Gasteiger partial charge is 0.407 e. The molecule has 3 N–H and O–H groups in total. The maximum absolute atomic E-state index is 12.5. The number of amides is 2. The predicted octanol–water partition coefficient (Wildman–Crippen LogP) is 3.55. The van der Waals surface area contributed by atoms with Crippen molar-refractivity contribution < 1.29 is 28.6 Å². The molecule has 0 aliphatic heterocycles. The summed E-state index contributed by atoms with van der Waals surface area (Å²) in [6.07, 6.45) is 0.884. The lowest BCUT2D eigenvalue weighted by molar-refractivity contribution is -0.125. The Morgan fingerprint density at radius 2 is 1.71 bits per heavy atom. The summed E-state index contributed by atoms with van der Waals surface area (Å²) in [5.74, 6) is -2.08. The molecule has 0 saturated carbocycles. The van der Waals surface area contributed by atoms with Gasteiger partial charge in [0, 0.05) is 12.5 Å². The first-order valence-corrected chi connectivity index (χ1v) is 11.0. The number of benzene rings is 2. The van der Waals surface area contributed by atoms with E-state index in [-0.39, 0.29) is 43.0 Å². The second-order valence-corrected chi connectivity index (χ2v) is 7.96. The third kappa shape index (κ3) is 4.78. The van der Waals surface area contributed by atoms with Crippen LogP contribution in [-0.4, -0.2) is 41.2 Å². The maximum Gasteiger partial charge on any atom is 0.407 e. The largest absolute Gasteiger partial charge is 0.476 e. The van der Waals surface area contributed by atoms with Crippen LogP contribution in [0.2, 0.25) is 0 Å². The van der Waals surface area contributed by atoms with Gasteiger partial charge >= 0.3 is 12.1 Å². The van der Waals surface area contributed by atoms with E-state index in [1.54, 1.807) is 0 Å². The van der Waals surface area contributed by atoms with Crippen molar-refractivity contribution in [3.05, 3.63) is 77.5 Å². The molecule has 1 heterocycles. The number of oxazole rings is 1. The van der Waals surface area contributed by atoms with Gasteiger partial charge in [-0.3, -0.25) is 4.79 Å². The molecular weight excluding hydrogens is 438 g/mol. The van der Waals surface area contributed by atoms with Crippen LogP contribution in [0.3, 0.4) is 0 Å². The average molecular weight is 463 g/mol. The van der Waals surface area contributed by atoms with E-state index in [0.29, 0.717) is 6.42 Å². The van der Waals surface area contributed by atoms with E-state index in [1.165, 1.54) is 0 Å². The fraction of sp³-hybridized carbons (Fsp3) is 0.280. The zero-order valence-corrected chi connectivity index (χ0v) is 18.6. The van der Waals surface area contributed by atoms with Crippen LogP contribution >= 0.6 is 0 Å². The molecule has 176 valence electrons. The molecule has 1 aliphatic rings. The highest BCUT2D eigenvalue weighted by atomic mass is 16.5. The molecule has 2 amide bonds. The summed E-state index contributed by atoms with van der Waals surface area (Å²) in [7, 11) is 0. The molecular formula is C25H25N3O6. The van der Waals surface area contributed by atoms with Crippen LogP contribution < -0.4 is 10.6 Å². The van der Waals surface area contributed by atoms with E-state index in [0.717, 1.165) is 28.6 Å². The van der Waals surface area contributed by atoms with Crippen LogP contribution in [0.1, 0.15) is 46.6 Å². The zero-order valence-electron chi connectivity index (χ0n) is 18.6. The molecule has 2 aromatic carbocycles. The maximum atomic E-state index is 12.5. The van der Waals surface area contributed by atoms with Gasteiger partial charge in [0.05, 0.1) is 12.5 Å². The van der Waals surface area contributed by atoms with Gasteiger partial charge in [0.2, 0.25) is 5.91 Å². The van der Waals surface area contributed by atoms with Crippen molar-refractivity contribution in [3.8, 4) is 11.1 Å². The topological polar surface area (TPSA) is 131 Å². The van der Waals surface area contributed by atoms with E-state index in [9.17, 15) is 14.4 Å². The fourth-order valence-electron chi connectivity index (χ4n) is 4.16. The van der Waals surface area contributed by atoms with E-state index < -0.39 is 18.0 Å². The molecule has 0 spiro atoms. The van der Waals surface area contributed by atoms with Crippen LogP contribution in [0.15, 0.2) is 59.3 Å². The van der Waals surface area contributed by atoms with Crippen LogP contribution in [0.25, 0.3) is 11.1 Å². The molecule has 1 aliphatic carbocycles. The molecule has 3 aromatic rings. The van der Waals surface area contributed by atoms with Crippen molar-refractivity contribution in [1.82, 2.24) is 15.6 Å². The Morgan fingerprint density at radius 1 is 1.06 bits per heavy atom. The van der Waals surface area contributed by atoms with E-state index >= 15 is 0 Å². The third-order valence-electron chi connectivity index (χ3n) is 5.97. The first-order chi connectivity index (χ1) is 16.5. The Hall–Kier alpha value is -4.14. The quantitative estimate of drug-likeness (QED) is 0.442. The fourth-order valence-corrected chi connectivity index (χ4v) is 4.16. The average Bonchev–Trinajstić information content (AvgIpc) is 3.45. The van der Waals surface area contributed by atoms with Gasteiger partial charge in [-0.25, -0.2) is 14.6 Å². The first-order valence-electron chi connectivity index (χ1n) is 11.0. The predicted molar refractivity (Wildman–Crippen MR) is 122 cm³/mol. The van der Waals surface area contributed by atoms with Gasteiger partial charge in [0.15, 0.2) is 17.8 Å². The first kappa shape index (κ1) is 23.0. The molecule has 0 fully saturated rings. The van der Waals surface area contributed by atoms with Gasteiger partial charge in [-0.2, -0.15) is 0 Å². The zero-order chi connectivity index (χ0) is 24.1. The normalized spacial score (nSPS) is 13.0. The van der Waals surface area contributed by atoms with Crippen molar-refractivity contribution in [2.24, 2.45) is 5.92 Å². The molecule has 0 bridgehead atoms. The molecule has 1 unspecified atom stereocenters. The minimum atomic E-state index is -1.23. The number of hydrogen-bond donors (Lipinski definition) is 3. The number of rotatable bonds is 9. The van der Waals surface area contributed by atoms with Gasteiger partial charge < -0.3 is 24.9 Å². The van der Waals surface area contributed by atoms with Crippen molar-refractivity contribution in [2.45, 2.75) is 25.8 Å². The lowest BCUT2D eigenvalue weighted by Crippen LogP contribution is -2.39. The molecule has 4 rings (SSSR count). The Balaban J connectivity index is 1.29. The summed E-state index contributed by atoms with van der Waals surface area (Å²) in [5, 5.41) is 14.3. The van der Waals surface area contributed by atoms with Gasteiger partial charge in [0.25, 0.3) is 0 Å². The second kappa shape index (κ2) is 10.2. The highest BCUT2D eigenvalue weighted by molar-refractivity contribution is 5.86.